The predicted molar refractivity (Wildman–Crippen MR) is 79.1 cm³/mol. The minimum absolute atomic E-state index is 0.112. The number of anilines is 1. The van der Waals surface area contributed by atoms with Gasteiger partial charge in [-0.2, -0.15) is 4.37 Å². The average molecular weight is 299 g/mol. The Morgan fingerprint density at radius 1 is 1.40 bits per heavy atom. The summed E-state index contributed by atoms with van der Waals surface area (Å²) < 4.78 is 9.10. The van der Waals surface area contributed by atoms with Crippen molar-refractivity contribution in [1.82, 2.24) is 9.69 Å². The first-order valence-electron chi connectivity index (χ1n) is 6.59. The second-order valence-electron chi connectivity index (χ2n) is 4.74. The molecule has 1 aromatic rings. The van der Waals surface area contributed by atoms with Gasteiger partial charge in [-0.25, -0.2) is 4.79 Å². The second-order valence-corrected chi connectivity index (χ2v) is 5.52. The Bertz CT molecular complexity index is 471. The van der Waals surface area contributed by atoms with Gasteiger partial charge in [0.2, 0.25) is 5.91 Å². The Morgan fingerprint density at radius 3 is 2.70 bits per heavy atom. The third kappa shape index (κ3) is 4.80. The minimum Gasteiger partial charge on any atom is -0.462 e. The monoisotopic (exact) mass is 299 g/mol. The first kappa shape index (κ1) is 16.4. The fourth-order valence-electron chi connectivity index (χ4n) is 1.48. The zero-order chi connectivity index (χ0) is 15.1. The lowest BCUT2D eigenvalue weighted by Gasteiger charge is -2.09. The lowest BCUT2D eigenvalue weighted by atomic mass is 10.2. The number of hydrogen-bond acceptors (Lipinski definition) is 6. The summed E-state index contributed by atoms with van der Waals surface area (Å²) in [5, 5.41) is 6.31. The maximum atomic E-state index is 11.8. The largest absolute Gasteiger partial charge is 0.462 e. The van der Waals surface area contributed by atoms with E-state index in [1.807, 2.05) is 13.8 Å². The van der Waals surface area contributed by atoms with Gasteiger partial charge < -0.3 is 15.4 Å². The normalized spacial score (nSPS) is 10.4. The number of esters is 1. The molecule has 0 radical (unpaired) electrons. The van der Waals surface area contributed by atoms with E-state index in [1.165, 1.54) is 0 Å². The number of amides is 1. The molecular formula is C13H21N3O3S. The summed E-state index contributed by atoms with van der Waals surface area (Å²) in [6, 6.07) is 0. The van der Waals surface area contributed by atoms with E-state index < -0.39 is 5.97 Å². The van der Waals surface area contributed by atoms with Gasteiger partial charge in [0.25, 0.3) is 0 Å². The Kier molecular flexibility index (Phi) is 6.44. The maximum absolute atomic E-state index is 11.8. The third-order valence-corrected chi connectivity index (χ3v) is 3.36. The van der Waals surface area contributed by atoms with Crippen molar-refractivity contribution in [1.29, 1.82) is 0 Å². The Morgan fingerprint density at radius 2 is 2.10 bits per heavy atom. The molecule has 1 amide bonds. The summed E-state index contributed by atoms with van der Waals surface area (Å²) in [7, 11) is 0. The van der Waals surface area contributed by atoms with E-state index in [4.69, 9.17) is 4.74 Å². The lowest BCUT2D eigenvalue weighted by molar-refractivity contribution is -0.119. The van der Waals surface area contributed by atoms with E-state index >= 15 is 0 Å². The molecule has 0 unspecified atom stereocenters. The maximum Gasteiger partial charge on any atom is 0.343 e. The third-order valence-electron chi connectivity index (χ3n) is 2.46. The first-order valence-corrected chi connectivity index (χ1v) is 7.37. The number of nitrogens with one attached hydrogen (secondary N) is 2. The van der Waals surface area contributed by atoms with Crippen molar-refractivity contribution in [3.63, 3.8) is 0 Å². The van der Waals surface area contributed by atoms with Crippen LogP contribution in [-0.2, 0) is 9.53 Å². The number of aromatic nitrogens is 1. The van der Waals surface area contributed by atoms with Crippen molar-refractivity contribution < 1.29 is 14.3 Å². The molecule has 1 rings (SSSR count). The molecule has 0 aliphatic heterocycles. The lowest BCUT2D eigenvalue weighted by Crippen LogP contribution is -2.32. The predicted octanol–water partition coefficient (Wildman–Crippen LogP) is 1.81. The van der Waals surface area contributed by atoms with E-state index in [0.717, 1.165) is 11.5 Å². The van der Waals surface area contributed by atoms with Gasteiger partial charge in [0.1, 0.15) is 10.6 Å². The fourth-order valence-corrected chi connectivity index (χ4v) is 2.25. The molecule has 0 bridgehead atoms. The number of ether oxygens (including phenoxy) is 1. The molecule has 0 saturated carbocycles. The highest BCUT2D eigenvalue weighted by Crippen LogP contribution is 2.25. The molecule has 112 valence electrons. The highest BCUT2D eigenvalue weighted by atomic mass is 32.1. The Hall–Kier alpha value is -1.63. The number of carbonyl (C=O) groups is 2. The molecule has 0 saturated heterocycles. The van der Waals surface area contributed by atoms with E-state index in [9.17, 15) is 9.59 Å². The Balaban J connectivity index is 2.60. The molecule has 0 atom stereocenters. The van der Waals surface area contributed by atoms with E-state index in [1.54, 1.807) is 13.8 Å². The van der Waals surface area contributed by atoms with Crippen LogP contribution in [0, 0.1) is 12.8 Å². The number of carbonyl (C=O) groups excluding carboxylic acids is 2. The zero-order valence-corrected chi connectivity index (χ0v) is 13.1. The van der Waals surface area contributed by atoms with Crippen molar-refractivity contribution in [3.05, 3.63) is 11.3 Å². The number of nitrogens with zero attached hydrogens (tertiary/aromatic N) is 1. The van der Waals surface area contributed by atoms with E-state index in [0.29, 0.717) is 35.3 Å². The summed E-state index contributed by atoms with van der Waals surface area (Å²) in [5.41, 5.74) is 1.02. The molecule has 0 aliphatic carbocycles. The molecule has 0 spiro atoms. The second kappa shape index (κ2) is 7.84. The number of rotatable bonds is 7. The summed E-state index contributed by atoms with van der Waals surface area (Å²) in [5.74, 6) is -0.122. The number of hydrogen-bond donors (Lipinski definition) is 2. The van der Waals surface area contributed by atoms with Gasteiger partial charge >= 0.3 is 5.97 Å². The van der Waals surface area contributed by atoms with Gasteiger partial charge in [-0.05, 0) is 31.3 Å². The summed E-state index contributed by atoms with van der Waals surface area (Å²) in [4.78, 5) is 23.4. The molecule has 0 aromatic carbocycles. The van der Waals surface area contributed by atoms with Crippen LogP contribution in [0.25, 0.3) is 0 Å². The molecule has 7 heteroatoms. The highest BCUT2D eigenvalue weighted by Gasteiger charge is 2.19. The summed E-state index contributed by atoms with van der Waals surface area (Å²) >= 11 is 1.15. The SMILES string of the molecule is CCOC(=O)c1c(C)nsc1NCC(=O)NCC(C)C. The van der Waals surface area contributed by atoms with Crippen molar-refractivity contribution >= 4 is 28.4 Å². The molecule has 20 heavy (non-hydrogen) atoms. The van der Waals surface area contributed by atoms with Gasteiger partial charge in [-0.1, -0.05) is 13.8 Å². The van der Waals surface area contributed by atoms with Crippen LogP contribution in [0.4, 0.5) is 5.00 Å². The molecule has 1 aromatic heterocycles. The number of aryl methyl sites for hydroxylation is 1. The van der Waals surface area contributed by atoms with Crippen molar-refractivity contribution in [2.45, 2.75) is 27.7 Å². The van der Waals surface area contributed by atoms with Gasteiger partial charge in [-0.15, -0.1) is 0 Å². The van der Waals surface area contributed by atoms with Gasteiger partial charge in [0.15, 0.2) is 0 Å². The molecule has 2 N–H and O–H groups in total. The van der Waals surface area contributed by atoms with Crippen LogP contribution in [0.5, 0.6) is 0 Å². The smallest absolute Gasteiger partial charge is 0.343 e. The van der Waals surface area contributed by atoms with Crippen LogP contribution in [-0.4, -0.2) is 35.9 Å². The van der Waals surface area contributed by atoms with Crippen molar-refractivity contribution in [2.75, 3.05) is 25.0 Å². The van der Waals surface area contributed by atoms with Gasteiger partial charge in [0, 0.05) is 6.54 Å². The molecule has 0 fully saturated rings. The van der Waals surface area contributed by atoms with Crippen LogP contribution in [0.15, 0.2) is 0 Å². The quantitative estimate of drug-likeness (QED) is 0.751. The van der Waals surface area contributed by atoms with Crippen molar-refractivity contribution in [2.24, 2.45) is 5.92 Å². The van der Waals surface area contributed by atoms with E-state index in [2.05, 4.69) is 15.0 Å². The Labute approximate surface area is 123 Å². The van der Waals surface area contributed by atoms with Gasteiger partial charge in [0.05, 0.1) is 18.8 Å². The molecule has 0 aliphatic rings. The van der Waals surface area contributed by atoms with Gasteiger partial charge in [-0.3, -0.25) is 4.79 Å². The molecule has 1 heterocycles. The zero-order valence-electron chi connectivity index (χ0n) is 12.3. The average Bonchev–Trinajstić information content (AvgIpc) is 2.75. The van der Waals surface area contributed by atoms with Crippen LogP contribution < -0.4 is 10.6 Å². The molecular weight excluding hydrogens is 278 g/mol. The first-order chi connectivity index (χ1) is 9.45. The van der Waals surface area contributed by atoms with Crippen LogP contribution in [0.2, 0.25) is 0 Å². The van der Waals surface area contributed by atoms with Crippen LogP contribution >= 0.6 is 11.5 Å². The summed E-state index contributed by atoms with van der Waals surface area (Å²) in [6.45, 7) is 8.60. The van der Waals surface area contributed by atoms with E-state index in [-0.39, 0.29) is 12.5 Å². The molecule has 6 nitrogen and oxygen atoms in total. The highest BCUT2D eigenvalue weighted by molar-refractivity contribution is 7.10. The topological polar surface area (TPSA) is 80.3 Å². The van der Waals surface area contributed by atoms with Crippen LogP contribution in [0.3, 0.4) is 0 Å². The minimum atomic E-state index is -0.413. The fraction of sp³-hybridized carbons (Fsp3) is 0.615. The summed E-state index contributed by atoms with van der Waals surface area (Å²) in [6.07, 6.45) is 0. The van der Waals surface area contributed by atoms with Crippen LogP contribution in [0.1, 0.15) is 36.8 Å². The van der Waals surface area contributed by atoms with Crippen molar-refractivity contribution in [3.8, 4) is 0 Å². The standard InChI is InChI=1S/C13H21N3O3S/c1-5-19-13(18)11-9(4)16-20-12(11)15-7-10(17)14-6-8(2)3/h8,15H,5-7H2,1-4H3,(H,14,17).